The van der Waals surface area contributed by atoms with E-state index in [1.54, 1.807) is 12.8 Å². The van der Waals surface area contributed by atoms with Crippen molar-refractivity contribution in [1.29, 1.82) is 0 Å². The zero-order chi connectivity index (χ0) is 4.41. The molecular weight excluding hydrogens is 99.2 g/mol. The molecule has 0 aromatic heterocycles. The van der Waals surface area contributed by atoms with Gasteiger partial charge in [0.05, 0.1) is 0 Å². The average molecular weight is 108 g/mol. The van der Waals surface area contributed by atoms with E-state index in [1.165, 1.54) is 12.9 Å². The number of rotatable bonds is 0. The normalized spacial score (nSPS) is 25.7. The third kappa shape index (κ3) is 1.62. The molecule has 6 heavy (non-hydrogen) atoms. The molecule has 0 atom stereocenters. The van der Waals surface area contributed by atoms with E-state index in [1.807, 2.05) is 0 Å². The molecule has 0 radical (unpaired) electrons. The Morgan fingerprint density at radius 1 is 1.17 bits per heavy atom. The molecule has 1 aliphatic rings. The standard InChI is InChI=1S/C5H9.K/c1-2-4-5-3-1;/h1H,2-5H2;. The van der Waals surface area contributed by atoms with E-state index in [2.05, 4.69) is 0 Å². The quantitative estimate of drug-likeness (QED) is 0.413. The van der Waals surface area contributed by atoms with Gasteiger partial charge in [0.1, 0.15) is 0 Å². The van der Waals surface area contributed by atoms with Crippen molar-refractivity contribution in [3.05, 3.63) is 0 Å². The van der Waals surface area contributed by atoms with Crippen LogP contribution in [0, 0.1) is 0 Å². The van der Waals surface area contributed by atoms with Crippen molar-refractivity contribution in [1.82, 2.24) is 0 Å². The van der Waals surface area contributed by atoms with Crippen molar-refractivity contribution in [2.45, 2.75) is 25.7 Å². The summed E-state index contributed by atoms with van der Waals surface area (Å²) in [5, 5.41) is 0. The Kier molecular flexibility index (Phi) is 2.72. The summed E-state index contributed by atoms with van der Waals surface area (Å²) in [5.41, 5.74) is 0. The summed E-state index contributed by atoms with van der Waals surface area (Å²) in [4.78, 5) is 0. The van der Waals surface area contributed by atoms with Gasteiger partial charge in [0, 0.05) is 0 Å². The van der Waals surface area contributed by atoms with Crippen molar-refractivity contribution >= 4 is 49.0 Å². The van der Waals surface area contributed by atoms with Crippen LogP contribution in [-0.2, 0) is 0 Å². The molecule has 0 spiro atoms. The van der Waals surface area contributed by atoms with E-state index >= 15 is 0 Å². The average Bonchev–Trinajstić information content (AvgIpc) is 1.86. The van der Waals surface area contributed by atoms with Crippen LogP contribution in [0.4, 0.5) is 0 Å². The van der Waals surface area contributed by atoms with Gasteiger partial charge < -0.3 is 0 Å². The minimum absolute atomic E-state index is 1.14. The summed E-state index contributed by atoms with van der Waals surface area (Å²) < 4.78 is 1.23. The molecule has 0 aromatic rings. The van der Waals surface area contributed by atoms with Crippen molar-refractivity contribution in [3.63, 3.8) is 0 Å². The summed E-state index contributed by atoms with van der Waals surface area (Å²) in [5.74, 6) is 0. The van der Waals surface area contributed by atoms with E-state index in [9.17, 15) is 0 Å². The molecule has 0 heterocycles. The molecule has 1 rings (SSSR count). The van der Waals surface area contributed by atoms with Gasteiger partial charge in [0.15, 0.2) is 0 Å². The summed E-state index contributed by atoms with van der Waals surface area (Å²) in [6.45, 7) is 0. The first-order valence-electron chi connectivity index (χ1n) is 2.89. The Hall–Kier alpha value is 1.64. The molecule has 0 bridgehead atoms. The van der Waals surface area contributed by atoms with Crippen molar-refractivity contribution < 1.29 is 0 Å². The van der Waals surface area contributed by atoms with Crippen molar-refractivity contribution in [2.75, 3.05) is 0 Å². The van der Waals surface area contributed by atoms with Crippen LogP contribution < -0.4 is 0 Å². The van der Waals surface area contributed by atoms with Gasteiger partial charge in [-0.25, -0.2) is 0 Å². The van der Waals surface area contributed by atoms with Crippen LogP contribution in [-0.4, -0.2) is 49.0 Å². The van der Waals surface area contributed by atoms with Crippen LogP contribution in [0.25, 0.3) is 0 Å². The molecule has 1 saturated carbocycles. The summed E-state index contributed by atoms with van der Waals surface area (Å²) in [6.07, 6.45) is 6.21. The second-order valence-electron chi connectivity index (χ2n) is 2.39. The summed E-state index contributed by atoms with van der Waals surface area (Å²) in [6, 6.07) is 0. The van der Waals surface area contributed by atoms with Crippen LogP contribution in [0.15, 0.2) is 0 Å². The Morgan fingerprint density at radius 3 is 1.83 bits per heavy atom. The maximum absolute atomic E-state index is 1.57. The summed E-state index contributed by atoms with van der Waals surface area (Å²) >= 11 is 1.14. The van der Waals surface area contributed by atoms with Crippen molar-refractivity contribution in [3.8, 4) is 0 Å². The number of hydrogen-bond donors (Lipinski definition) is 0. The second-order valence-corrected chi connectivity index (χ2v) is 4.94. The van der Waals surface area contributed by atoms with Crippen LogP contribution in [0.2, 0.25) is 0.0125 Å². The van der Waals surface area contributed by atoms with Crippen LogP contribution in [0.5, 0.6) is 0 Å². The SMILES string of the molecule is [K][CH]1CCCC1. The predicted octanol–water partition coefficient (Wildman–Crippen LogP) is 1.52. The Morgan fingerprint density at radius 2 is 1.67 bits per heavy atom. The van der Waals surface area contributed by atoms with Gasteiger partial charge in [0.25, 0.3) is 0 Å². The first-order chi connectivity index (χ1) is 2.89. The predicted molar refractivity (Wildman–Crippen MR) is 28.0 cm³/mol. The van der Waals surface area contributed by atoms with Crippen molar-refractivity contribution in [2.24, 2.45) is 0 Å². The van der Waals surface area contributed by atoms with Crippen LogP contribution >= 0.6 is 0 Å². The molecule has 30 valence electrons. The molecule has 0 aromatic carbocycles. The van der Waals surface area contributed by atoms with E-state index in [0.717, 1.165) is 49.0 Å². The fourth-order valence-electron chi connectivity index (χ4n) is 1.13. The molecule has 0 nitrogen and oxygen atoms in total. The molecule has 0 saturated heterocycles. The minimum atomic E-state index is 1.14. The van der Waals surface area contributed by atoms with Crippen LogP contribution in [0.1, 0.15) is 25.7 Å². The zero-order valence-electron chi connectivity index (χ0n) is 4.41. The molecular formula is C5H9K. The Bertz CT molecular complexity index is 37.2. The summed E-state index contributed by atoms with van der Waals surface area (Å²) in [7, 11) is 0. The van der Waals surface area contributed by atoms with E-state index in [-0.39, 0.29) is 0 Å². The molecule has 1 heteroatoms. The van der Waals surface area contributed by atoms with E-state index < -0.39 is 0 Å². The molecule has 1 aliphatic carbocycles. The molecule has 0 aliphatic heterocycles. The van der Waals surface area contributed by atoms with Crippen LogP contribution in [0.3, 0.4) is 0 Å². The topological polar surface area (TPSA) is 0 Å². The van der Waals surface area contributed by atoms with Gasteiger partial charge in [-0.15, -0.1) is 0 Å². The van der Waals surface area contributed by atoms with Gasteiger partial charge in [-0.05, 0) is 0 Å². The number of hydrogen-bond acceptors (Lipinski definition) is 0. The zero-order valence-corrected chi connectivity index (χ0v) is 7.53. The van der Waals surface area contributed by atoms with Gasteiger partial charge in [-0.3, -0.25) is 0 Å². The second kappa shape index (κ2) is 2.83. The third-order valence-electron chi connectivity index (χ3n) is 1.64. The molecule has 0 unspecified atom stereocenters. The van der Waals surface area contributed by atoms with Gasteiger partial charge in [-0.1, -0.05) is 0 Å². The monoisotopic (exact) mass is 108 g/mol. The Labute approximate surface area is 73.3 Å². The maximum atomic E-state index is 1.57. The molecule has 1 fully saturated rings. The van der Waals surface area contributed by atoms with Gasteiger partial charge in [0.2, 0.25) is 0 Å². The first kappa shape index (κ1) is 5.77. The molecule has 0 amide bonds. The van der Waals surface area contributed by atoms with E-state index in [0.29, 0.717) is 0 Å². The Balaban J connectivity index is 2.18. The first-order valence-corrected chi connectivity index (χ1v) is 4.70. The van der Waals surface area contributed by atoms with E-state index in [4.69, 9.17) is 0 Å². The van der Waals surface area contributed by atoms with Gasteiger partial charge in [-0.2, -0.15) is 0 Å². The molecule has 0 N–H and O–H groups in total. The fraction of sp³-hybridized carbons (Fsp3) is 1.00. The van der Waals surface area contributed by atoms with Gasteiger partial charge >= 0.3 is 74.6 Å². The third-order valence-corrected chi connectivity index (χ3v) is 3.45. The fourth-order valence-corrected chi connectivity index (χ4v) is 2.40.